The quantitative estimate of drug-likeness (QED) is 0.767. The number of amides is 1. The molecule has 0 saturated carbocycles. The molecule has 0 saturated heterocycles. The Kier molecular flexibility index (Phi) is 4.34. The molecular weight excluding hydrogens is 204 g/mol. The molecule has 1 aromatic carbocycles. The summed E-state index contributed by atoms with van der Waals surface area (Å²) in [6.45, 7) is 2.55. The van der Waals surface area contributed by atoms with Gasteiger partial charge in [-0.25, -0.2) is 0 Å². The number of hydrogen-bond donors (Lipinski definition) is 0. The van der Waals surface area contributed by atoms with Gasteiger partial charge < -0.3 is 9.64 Å². The molecule has 0 aliphatic carbocycles. The smallest absolute Gasteiger partial charge is 0.260 e. The molecule has 0 fully saturated rings. The third-order valence-electron chi connectivity index (χ3n) is 2.23. The maximum absolute atomic E-state index is 11.4. The molecule has 0 atom stereocenters. The number of nitrogens with zero attached hydrogens (tertiary/aromatic N) is 2. The van der Waals surface area contributed by atoms with Crippen molar-refractivity contribution in [3.05, 3.63) is 29.8 Å². The Morgan fingerprint density at radius 3 is 2.94 bits per heavy atom. The summed E-state index contributed by atoms with van der Waals surface area (Å²) in [7, 11) is 1.72. The summed E-state index contributed by atoms with van der Waals surface area (Å²) in [5.41, 5.74) is 0.522. The Balaban J connectivity index is 2.55. The van der Waals surface area contributed by atoms with Crippen molar-refractivity contribution < 1.29 is 9.53 Å². The Labute approximate surface area is 95.0 Å². The van der Waals surface area contributed by atoms with E-state index in [0.29, 0.717) is 17.9 Å². The average molecular weight is 218 g/mol. The highest BCUT2D eigenvalue weighted by molar-refractivity contribution is 5.77. The van der Waals surface area contributed by atoms with Crippen LogP contribution in [0.2, 0.25) is 0 Å². The molecule has 0 spiro atoms. The van der Waals surface area contributed by atoms with E-state index in [4.69, 9.17) is 10.00 Å². The average Bonchev–Trinajstić information content (AvgIpc) is 2.35. The molecule has 1 amide bonds. The van der Waals surface area contributed by atoms with Crippen molar-refractivity contribution in [1.82, 2.24) is 4.90 Å². The van der Waals surface area contributed by atoms with Crippen LogP contribution >= 0.6 is 0 Å². The first-order valence-corrected chi connectivity index (χ1v) is 5.04. The van der Waals surface area contributed by atoms with E-state index in [1.54, 1.807) is 36.2 Å². The van der Waals surface area contributed by atoms with Crippen LogP contribution in [0.15, 0.2) is 24.3 Å². The van der Waals surface area contributed by atoms with Crippen LogP contribution in [0.4, 0.5) is 0 Å². The predicted molar refractivity (Wildman–Crippen MR) is 60.0 cm³/mol. The molecule has 1 aromatic rings. The first-order chi connectivity index (χ1) is 7.67. The lowest BCUT2D eigenvalue weighted by molar-refractivity contribution is -0.131. The van der Waals surface area contributed by atoms with Crippen molar-refractivity contribution in [3.63, 3.8) is 0 Å². The number of likely N-dealkylation sites (N-methyl/N-ethyl adjacent to an activating group) is 1. The minimum absolute atomic E-state index is 0.000772. The van der Waals surface area contributed by atoms with Crippen LogP contribution in [-0.2, 0) is 4.79 Å². The zero-order chi connectivity index (χ0) is 12.0. The molecule has 1 rings (SSSR count). The van der Waals surface area contributed by atoms with Gasteiger partial charge in [-0.2, -0.15) is 5.26 Å². The third-order valence-corrected chi connectivity index (χ3v) is 2.23. The van der Waals surface area contributed by atoms with Crippen LogP contribution in [0.3, 0.4) is 0 Å². The Morgan fingerprint density at radius 1 is 1.56 bits per heavy atom. The molecule has 0 aliphatic heterocycles. The van der Waals surface area contributed by atoms with Gasteiger partial charge >= 0.3 is 0 Å². The first-order valence-electron chi connectivity index (χ1n) is 5.04. The van der Waals surface area contributed by atoms with Crippen LogP contribution in [0, 0.1) is 11.3 Å². The molecule has 0 N–H and O–H groups in total. The SMILES string of the molecule is CCN(C)C(=O)COc1cccc(C#N)c1. The maximum Gasteiger partial charge on any atom is 0.260 e. The van der Waals surface area contributed by atoms with Gasteiger partial charge in [0.25, 0.3) is 5.91 Å². The van der Waals surface area contributed by atoms with Crippen molar-refractivity contribution >= 4 is 5.91 Å². The van der Waals surface area contributed by atoms with Crippen molar-refractivity contribution in [3.8, 4) is 11.8 Å². The Bertz CT molecular complexity index is 410. The highest BCUT2D eigenvalue weighted by Gasteiger charge is 2.07. The highest BCUT2D eigenvalue weighted by Crippen LogP contribution is 2.12. The molecule has 0 heterocycles. The minimum atomic E-state index is -0.0788. The standard InChI is InChI=1S/C12H14N2O2/c1-3-14(2)12(15)9-16-11-6-4-5-10(7-11)8-13/h4-7H,3,9H2,1-2H3. The van der Waals surface area contributed by atoms with E-state index in [9.17, 15) is 4.79 Å². The molecule has 0 radical (unpaired) electrons. The zero-order valence-electron chi connectivity index (χ0n) is 9.43. The topological polar surface area (TPSA) is 53.3 Å². The van der Waals surface area contributed by atoms with Crippen LogP contribution in [-0.4, -0.2) is 31.0 Å². The molecule has 0 unspecified atom stereocenters. The van der Waals surface area contributed by atoms with E-state index in [0.717, 1.165) is 0 Å². The van der Waals surface area contributed by atoms with E-state index in [1.807, 2.05) is 13.0 Å². The lowest BCUT2D eigenvalue weighted by atomic mass is 10.2. The predicted octanol–water partition coefficient (Wildman–Crippen LogP) is 1.42. The van der Waals surface area contributed by atoms with Gasteiger partial charge in [0.05, 0.1) is 11.6 Å². The monoisotopic (exact) mass is 218 g/mol. The van der Waals surface area contributed by atoms with Crippen molar-refractivity contribution in [2.45, 2.75) is 6.92 Å². The molecule has 84 valence electrons. The van der Waals surface area contributed by atoms with E-state index >= 15 is 0 Å². The van der Waals surface area contributed by atoms with Gasteiger partial charge in [0.15, 0.2) is 6.61 Å². The molecule has 0 bridgehead atoms. The van der Waals surface area contributed by atoms with Crippen LogP contribution in [0.25, 0.3) is 0 Å². The largest absolute Gasteiger partial charge is 0.484 e. The van der Waals surface area contributed by atoms with Gasteiger partial charge in [-0.05, 0) is 25.1 Å². The molecule has 16 heavy (non-hydrogen) atoms. The number of rotatable bonds is 4. The van der Waals surface area contributed by atoms with Crippen molar-refractivity contribution in [2.24, 2.45) is 0 Å². The van der Waals surface area contributed by atoms with Gasteiger partial charge in [-0.15, -0.1) is 0 Å². The lowest BCUT2D eigenvalue weighted by Gasteiger charge is -2.14. The van der Waals surface area contributed by atoms with Crippen LogP contribution in [0.1, 0.15) is 12.5 Å². The fourth-order valence-electron chi connectivity index (χ4n) is 1.09. The summed E-state index contributed by atoms with van der Waals surface area (Å²) in [6.07, 6.45) is 0. The van der Waals surface area contributed by atoms with E-state index in [-0.39, 0.29) is 12.5 Å². The van der Waals surface area contributed by atoms with E-state index < -0.39 is 0 Å². The van der Waals surface area contributed by atoms with Gasteiger partial charge in [0.1, 0.15) is 5.75 Å². The summed E-state index contributed by atoms with van der Waals surface area (Å²) in [6, 6.07) is 8.76. The number of ether oxygens (including phenoxy) is 1. The Morgan fingerprint density at radius 2 is 2.31 bits per heavy atom. The number of carbonyl (C=O) groups excluding carboxylic acids is 1. The third kappa shape index (κ3) is 3.28. The number of nitriles is 1. The van der Waals surface area contributed by atoms with Crippen molar-refractivity contribution in [2.75, 3.05) is 20.2 Å². The summed E-state index contributed by atoms with van der Waals surface area (Å²) in [5.74, 6) is 0.460. The summed E-state index contributed by atoms with van der Waals surface area (Å²) >= 11 is 0. The summed E-state index contributed by atoms with van der Waals surface area (Å²) in [5, 5.41) is 8.69. The minimum Gasteiger partial charge on any atom is -0.484 e. The zero-order valence-corrected chi connectivity index (χ0v) is 9.43. The van der Waals surface area contributed by atoms with Gasteiger partial charge in [-0.1, -0.05) is 6.07 Å². The molecule has 0 aliphatic rings. The Hall–Kier alpha value is -2.02. The summed E-state index contributed by atoms with van der Waals surface area (Å²) in [4.78, 5) is 13.0. The molecular formula is C12H14N2O2. The number of benzene rings is 1. The van der Waals surface area contributed by atoms with Crippen LogP contribution in [0.5, 0.6) is 5.75 Å². The fourth-order valence-corrected chi connectivity index (χ4v) is 1.09. The molecule has 4 nitrogen and oxygen atoms in total. The fraction of sp³-hybridized carbons (Fsp3) is 0.333. The molecule has 4 heteroatoms. The molecule has 0 aromatic heterocycles. The van der Waals surface area contributed by atoms with Gasteiger partial charge in [0, 0.05) is 13.6 Å². The number of carbonyl (C=O) groups is 1. The second-order valence-electron chi connectivity index (χ2n) is 3.34. The second-order valence-corrected chi connectivity index (χ2v) is 3.34. The van der Waals surface area contributed by atoms with Crippen molar-refractivity contribution in [1.29, 1.82) is 5.26 Å². The second kappa shape index (κ2) is 5.76. The van der Waals surface area contributed by atoms with Gasteiger partial charge in [0.2, 0.25) is 0 Å². The van der Waals surface area contributed by atoms with E-state index in [1.165, 1.54) is 0 Å². The van der Waals surface area contributed by atoms with Gasteiger partial charge in [-0.3, -0.25) is 4.79 Å². The van der Waals surface area contributed by atoms with E-state index in [2.05, 4.69) is 0 Å². The first kappa shape index (κ1) is 12.1. The lowest BCUT2D eigenvalue weighted by Crippen LogP contribution is -2.31. The number of hydrogen-bond acceptors (Lipinski definition) is 3. The highest BCUT2D eigenvalue weighted by atomic mass is 16.5. The normalized spacial score (nSPS) is 9.31. The maximum atomic E-state index is 11.4. The van der Waals surface area contributed by atoms with Crippen LogP contribution < -0.4 is 4.74 Å². The summed E-state index contributed by atoms with van der Waals surface area (Å²) < 4.78 is 5.29.